The van der Waals surface area contributed by atoms with Gasteiger partial charge in [-0.15, -0.1) is 0 Å². The fourth-order valence-electron chi connectivity index (χ4n) is 3.86. The molecule has 8 nitrogen and oxygen atoms in total. The second-order valence-corrected chi connectivity index (χ2v) is 7.22. The van der Waals surface area contributed by atoms with Crippen LogP contribution < -0.4 is 5.32 Å². The van der Waals surface area contributed by atoms with E-state index in [-0.39, 0.29) is 17.7 Å². The minimum atomic E-state index is 0.0954. The quantitative estimate of drug-likeness (QED) is 0.831. The van der Waals surface area contributed by atoms with E-state index in [1.165, 1.54) is 0 Å². The summed E-state index contributed by atoms with van der Waals surface area (Å²) in [4.78, 5) is 37.4. The molecule has 0 aliphatic carbocycles. The molecule has 1 saturated heterocycles. The average Bonchev–Trinajstić information content (AvgIpc) is 2.70. The van der Waals surface area contributed by atoms with Crippen LogP contribution in [0.4, 0.5) is 5.82 Å². The molecule has 8 heteroatoms. The Bertz CT molecular complexity index is 692. The van der Waals surface area contributed by atoms with E-state index in [1.807, 2.05) is 16.8 Å². The van der Waals surface area contributed by atoms with Gasteiger partial charge in [0.05, 0.1) is 25.3 Å². The van der Waals surface area contributed by atoms with Crippen molar-refractivity contribution in [2.75, 3.05) is 45.7 Å². The van der Waals surface area contributed by atoms with E-state index in [2.05, 4.69) is 5.32 Å². The standard InChI is InChI=1S/C19H29N5O3/c1-13(25)23-8-4-5-14(11-23)18-21-16-6-9-24(17(26)7-10-27-3)12-15(16)19(20-2)22-18/h14H,4-12H2,1-3H3,(H,20,21,22)/t14-/m0/s1. The molecule has 2 aliphatic rings. The normalized spacial score (nSPS) is 19.6. The van der Waals surface area contributed by atoms with Crippen LogP contribution in [0.15, 0.2) is 0 Å². The average molecular weight is 375 g/mol. The molecule has 1 aromatic rings. The summed E-state index contributed by atoms with van der Waals surface area (Å²) in [6.07, 6.45) is 3.08. The van der Waals surface area contributed by atoms with Crippen molar-refractivity contribution in [1.82, 2.24) is 19.8 Å². The number of methoxy groups -OCH3 is 1. The Balaban J connectivity index is 1.80. The number of anilines is 1. The highest BCUT2D eigenvalue weighted by Gasteiger charge is 2.29. The van der Waals surface area contributed by atoms with Gasteiger partial charge in [0, 0.05) is 58.6 Å². The third-order valence-electron chi connectivity index (χ3n) is 5.42. The van der Waals surface area contributed by atoms with Crippen molar-refractivity contribution in [3.8, 4) is 0 Å². The van der Waals surface area contributed by atoms with E-state index in [1.54, 1.807) is 14.0 Å². The maximum Gasteiger partial charge on any atom is 0.225 e. The molecule has 27 heavy (non-hydrogen) atoms. The molecule has 0 radical (unpaired) electrons. The lowest BCUT2D eigenvalue weighted by Gasteiger charge is -2.33. The Morgan fingerprint density at radius 1 is 1.26 bits per heavy atom. The van der Waals surface area contributed by atoms with E-state index in [0.717, 1.165) is 48.7 Å². The molecule has 3 heterocycles. The van der Waals surface area contributed by atoms with Crippen LogP contribution in [0.25, 0.3) is 0 Å². The third kappa shape index (κ3) is 4.37. The molecule has 0 unspecified atom stereocenters. The molecular weight excluding hydrogens is 346 g/mol. The highest BCUT2D eigenvalue weighted by Crippen LogP contribution is 2.30. The molecule has 1 N–H and O–H groups in total. The number of hydrogen-bond acceptors (Lipinski definition) is 6. The van der Waals surface area contributed by atoms with E-state index in [0.29, 0.717) is 32.7 Å². The van der Waals surface area contributed by atoms with Gasteiger partial charge in [-0.25, -0.2) is 9.97 Å². The summed E-state index contributed by atoms with van der Waals surface area (Å²) in [5.41, 5.74) is 2.01. The largest absolute Gasteiger partial charge is 0.384 e. The molecule has 3 rings (SSSR count). The van der Waals surface area contributed by atoms with Gasteiger partial charge in [-0.3, -0.25) is 9.59 Å². The monoisotopic (exact) mass is 375 g/mol. The number of fused-ring (bicyclic) bond motifs is 1. The van der Waals surface area contributed by atoms with Crippen LogP contribution in [0.5, 0.6) is 0 Å². The molecule has 148 valence electrons. The van der Waals surface area contributed by atoms with Crippen molar-refractivity contribution in [2.45, 2.75) is 45.1 Å². The Labute approximate surface area is 160 Å². The number of nitrogens with zero attached hydrogens (tertiary/aromatic N) is 4. The van der Waals surface area contributed by atoms with Gasteiger partial charge >= 0.3 is 0 Å². The maximum atomic E-state index is 12.3. The SMILES string of the molecule is CNc1nc([C@H]2CCCN(C(C)=O)C2)nc2c1CN(C(=O)CCOC)CC2. The Hall–Kier alpha value is -2.22. The number of piperidine rings is 1. The molecule has 1 fully saturated rings. The summed E-state index contributed by atoms with van der Waals surface area (Å²) in [5.74, 6) is 1.97. The number of rotatable bonds is 5. The second kappa shape index (κ2) is 8.65. The van der Waals surface area contributed by atoms with Crippen molar-refractivity contribution in [2.24, 2.45) is 0 Å². The third-order valence-corrected chi connectivity index (χ3v) is 5.42. The van der Waals surface area contributed by atoms with Crippen LogP contribution in [0.2, 0.25) is 0 Å². The van der Waals surface area contributed by atoms with Crippen molar-refractivity contribution in [1.29, 1.82) is 0 Å². The first kappa shape index (κ1) is 19.5. The molecule has 0 saturated carbocycles. The van der Waals surface area contributed by atoms with Crippen molar-refractivity contribution < 1.29 is 14.3 Å². The van der Waals surface area contributed by atoms with E-state index in [4.69, 9.17) is 14.7 Å². The Kier molecular flexibility index (Phi) is 6.26. The predicted octanol–water partition coefficient (Wildman–Crippen LogP) is 1.17. The zero-order chi connectivity index (χ0) is 19.4. The van der Waals surface area contributed by atoms with Gasteiger partial charge in [-0.1, -0.05) is 0 Å². The second-order valence-electron chi connectivity index (χ2n) is 7.22. The van der Waals surface area contributed by atoms with Crippen LogP contribution in [0.1, 0.15) is 49.2 Å². The summed E-state index contributed by atoms with van der Waals surface area (Å²) in [7, 11) is 3.45. The molecule has 0 spiro atoms. The molecule has 1 aromatic heterocycles. The van der Waals surface area contributed by atoms with Crippen LogP contribution >= 0.6 is 0 Å². The molecule has 2 aliphatic heterocycles. The highest BCUT2D eigenvalue weighted by atomic mass is 16.5. The molecule has 2 amide bonds. The lowest BCUT2D eigenvalue weighted by molar-refractivity contribution is -0.133. The molecule has 1 atom stereocenters. The zero-order valence-electron chi connectivity index (χ0n) is 16.5. The van der Waals surface area contributed by atoms with Crippen molar-refractivity contribution in [3.63, 3.8) is 0 Å². The first-order valence-corrected chi connectivity index (χ1v) is 9.63. The van der Waals surface area contributed by atoms with Gasteiger partial charge in [0.1, 0.15) is 11.6 Å². The van der Waals surface area contributed by atoms with Gasteiger partial charge in [-0.2, -0.15) is 0 Å². The van der Waals surface area contributed by atoms with Crippen LogP contribution in [-0.4, -0.2) is 72.0 Å². The molecule has 0 aromatic carbocycles. The van der Waals surface area contributed by atoms with Gasteiger partial charge in [0.15, 0.2) is 0 Å². The number of amides is 2. The number of nitrogens with one attached hydrogen (secondary N) is 1. The van der Waals surface area contributed by atoms with Crippen LogP contribution in [-0.2, 0) is 27.3 Å². The van der Waals surface area contributed by atoms with E-state index >= 15 is 0 Å². The van der Waals surface area contributed by atoms with Gasteiger partial charge in [-0.05, 0) is 12.8 Å². The lowest BCUT2D eigenvalue weighted by Crippen LogP contribution is -2.39. The smallest absolute Gasteiger partial charge is 0.225 e. The number of hydrogen-bond donors (Lipinski definition) is 1. The Morgan fingerprint density at radius 2 is 2.07 bits per heavy atom. The van der Waals surface area contributed by atoms with Gasteiger partial charge in [0.25, 0.3) is 0 Å². The maximum absolute atomic E-state index is 12.3. The lowest BCUT2D eigenvalue weighted by atomic mass is 9.96. The predicted molar refractivity (Wildman–Crippen MR) is 101 cm³/mol. The summed E-state index contributed by atoms with van der Waals surface area (Å²) in [5, 5.41) is 3.18. The number of carbonyl (C=O) groups is 2. The highest BCUT2D eigenvalue weighted by molar-refractivity contribution is 5.77. The first-order valence-electron chi connectivity index (χ1n) is 9.63. The zero-order valence-corrected chi connectivity index (χ0v) is 16.5. The van der Waals surface area contributed by atoms with E-state index in [9.17, 15) is 9.59 Å². The Morgan fingerprint density at radius 3 is 2.78 bits per heavy atom. The number of carbonyl (C=O) groups excluding carboxylic acids is 2. The summed E-state index contributed by atoms with van der Waals surface area (Å²) in [6, 6.07) is 0. The summed E-state index contributed by atoms with van der Waals surface area (Å²) in [6.45, 7) is 4.74. The fourth-order valence-corrected chi connectivity index (χ4v) is 3.86. The fraction of sp³-hybridized carbons (Fsp3) is 0.684. The molecule has 0 bridgehead atoms. The molecular formula is C19H29N5O3. The van der Waals surface area contributed by atoms with Crippen molar-refractivity contribution >= 4 is 17.6 Å². The summed E-state index contributed by atoms with van der Waals surface area (Å²) < 4.78 is 5.01. The number of ether oxygens (including phenoxy) is 1. The minimum Gasteiger partial charge on any atom is -0.384 e. The van der Waals surface area contributed by atoms with Crippen LogP contribution in [0, 0.1) is 0 Å². The van der Waals surface area contributed by atoms with Gasteiger partial charge < -0.3 is 19.9 Å². The minimum absolute atomic E-state index is 0.0954. The van der Waals surface area contributed by atoms with Crippen molar-refractivity contribution in [3.05, 3.63) is 17.1 Å². The first-order chi connectivity index (χ1) is 13.0. The van der Waals surface area contributed by atoms with Crippen LogP contribution in [0.3, 0.4) is 0 Å². The summed E-state index contributed by atoms with van der Waals surface area (Å²) >= 11 is 0. The topological polar surface area (TPSA) is 87.7 Å². The van der Waals surface area contributed by atoms with E-state index < -0.39 is 0 Å². The number of likely N-dealkylation sites (tertiary alicyclic amines) is 1. The van der Waals surface area contributed by atoms with Gasteiger partial charge in [0.2, 0.25) is 11.8 Å². The number of aromatic nitrogens is 2.